The van der Waals surface area contributed by atoms with Crippen molar-refractivity contribution in [2.24, 2.45) is 17.8 Å². The molecule has 1 heterocycles. The maximum atomic E-state index is 10.4. The van der Waals surface area contributed by atoms with E-state index in [9.17, 15) is 5.11 Å². The van der Waals surface area contributed by atoms with Crippen molar-refractivity contribution in [2.75, 3.05) is 33.3 Å². The van der Waals surface area contributed by atoms with Crippen LogP contribution in [0.2, 0.25) is 0 Å². The van der Waals surface area contributed by atoms with Gasteiger partial charge in [-0.15, -0.1) is 0 Å². The summed E-state index contributed by atoms with van der Waals surface area (Å²) in [5.41, 5.74) is 2.01. The average Bonchev–Trinajstić information content (AvgIpc) is 3.05. The van der Waals surface area contributed by atoms with E-state index in [-0.39, 0.29) is 30.1 Å². The van der Waals surface area contributed by atoms with E-state index in [2.05, 4.69) is 31.3 Å². The zero-order valence-corrected chi connectivity index (χ0v) is 19.4. The van der Waals surface area contributed by atoms with E-state index in [1.54, 1.807) is 5.56 Å². The Bertz CT molecular complexity index is 632. The molecule has 1 unspecified atom stereocenters. The third-order valence-corrected chi connectivity index (χ3v) is 8.24. The Kier molecular flexibility index (Phi) is 6.03. The molecule has 1 aliphatic heterocycles. The van der Waals surface area contributed by atoms with Gasteiger partial charge in [-0.2, -0.15) is 0 Å². The Morgan fingerprint density at radius 3 is 2.07 bits per heavy atom. The van der Waals surface area contributed by atoms with Crippen molar-refractivity contribution in [3.8, 4) is 5.75 Å². The fourth-order valence-corrected chi connectivity index (χ4v) is 7.40. The number of likely N-dealkylation sites (N-methyl/N-ethyl adjacent to an activating group) is 1. The summed E-state index contributed by atoms with van der Waals surface area (Å²) in [6, 6.07) is 8.94. The minimum absolute atomic E-state index is 0. The van der Waals surface area contributed by atoms with Gasteiger partial charge in [-0.05, 0) is 79.4 Å². The summed E-state index contributed by atoms with van der Waals surface area (Å²) in [7, 11) is 2.26. The van der Waals surface area contributed by atoms with Gasteiger partial charge in [0, 0.05) is 12.8 Å². The summed E-state index contributed by atoms with van der Waals surface area (Å²) in [4.78, 5) is 0. The fourth-order valence-electron chi connectivity index (χ4n) is 7.40. The summed E-state index contributed by atoms with van der Waals surface area (Å²) in [5.74, 6) is 3.86. The molecule has 1 aromatic rings. The van der Waals surface area contributed by atoms with Crippen LogP contribution in [-0.2, 0) is 5.41 Å². The number of halogens is 1. The van der Waals surface area contributed by atoms with Gasteiger partial charge in [0.1, 0.15) is 25.0 Å². The van der Waals surface area contributed by atoms with E-state index < -0.39 is 0 Å². The SMILES string of the molecule is C[N+]1(CC(O)COc2ccc(C34CC5CC(CC(C5)C3)C4)cc2)CCCC1.[I-]. The molecule has 0 radical (unpaired) electrons. The highest BCUT2D eigenvalue weighted by Gasteiger charge is 2.51. The first-order chi connectivity index (χ1) is 13.0. The molecule has 4 saturated carbocycles. The minimum Gasteiger partial charge on any atom is -1.00 e. The van der Waals surface area contributed by atoms with Crippen LogP contribution in [0.5, 0.6) is 5.75 Å². The van der Waals surface area contributed by atoms with E-state index in [1.165, 1.54) is 64.5 Å². The lowest BCUT2D eigenvalue weighted by Gasteiger charge is -2.57. The number of rotatable bonds is 6. The van der Waals surface area contributed by atoms with Crippen molar-refractivity contribution in [3.05, 3.63) is 29.8 Å². The molecule has 28 heavy (non-hydrogen) atoms. The summed E-state index contributed by atoms with van der Waals surface area (Å²) >= 11 is 0. The Morgan fingerprint density at radius 2 is 1.54 bits per heavy atom. The zero-order valence-electron chi connectivity index (χ0n) is 17.3. The van der Waals surface area contributed by atoms with Crippen LogP contribution in [-0.4, -0.2) is 49.0 Å². The van der Waals surface area contributed by atoms with Gasteiger partial charge in [0.15, 0.2) is 0 Å². The van der Waals surface area contributed by atoms with Crippen LogP contribution in [0.1, 0.15) is 56.9 Å². The molecule has 1 atom stereocenters. The van der Waals surface area contributed by atoms with Gasteiger partial charge in [-0.3, -0.25) is 0 Å². The van der Waals surface area contributed by atoms with Gasteiger partial charge in [-0.1, -0.05) is 12.1 Å². The maximum absolute atomic E-state index is 10.4. The van der Waals surface area contributed by atoms with Crippen LogP contribution < -0.4 is 28.7 Å². The molecule has 1 aromatic carbocycles. The van der Waals surface area contributed by atoms with E-state index in [0.29, 0.717) is 12.0 Å². The van der Waals surface area contributed by atoms with Crippen molar-refractivity contribution < 1.29 is 38.3 Å². The quantitative estimate of drug-likeness (QED) is 0.472. The molecule has 4 heteroatoms. The number of hydrogen-bond donors (Lipinski definition) is 1. The molecular formula is C24H36INO2. The van der Waals surface area contributed by atoms with Gasteiger partial charge in [-0.25, -0.2) is 0 Å². The van der Waals surface area contributed by atoms with Crippen molar-refractivity contribution >= 4 is 0 Å². The molecule has 3 nitrogen and oxygen atoms in total. The van der Waals surface area contributed by atoms with Crippen molar-refractivity contribution in [3.63, 3.8) is 0 Å². The number of hydrogen-bond acceptors (Lipinski definition) is 2. The van der Waals surface area contributed by atoms with Crippen molar-refractivity contribution in [2.45, 2.75) is 62.9 Å². The van der Waals surface area contributed by atoms with Crippen LogP contribution in [0.25, 0.3) is 0 Å². The number of aliphatic hydroxyl groups excluding tert-OH is 1. The predicted octanol–water partition coefficient (Wildman–Crippen LogP) is 1.14. The maximum Gasteiger partial charge on any atom is 0.137 e. The molecular weight excluding hydrogens is 461 g/mol. The Labute approximate surface area is 187 Å². The molecule has 0 spiro atoms. The molecule has 5 fully saturated rings. The van der Waals surface area contributed by atoms with Crippen molar-refractivity contribution in [1.82, 2.24) is 0 Å². The normalized spacial score (nSPS) is 36.1. The molecule has 0 amide bonds. The standard InChI is InChI=1S/C24H36NO2.HI/c1-25(8-2-3-9-25)16-22(26)17-27-23-6-4-21(5-7-23)24-13-18-10-19(14-24)12-20(11-18)15-24;/h4-7,18-20,22,26H,2-3,8-17H2,1H3;1H/q+1;/p-1. The number of quaternary nitrogens is 1. The number of likely N-dealkylation sites (tertiary alicyclic amines) is 1. The monoisotopic (exact) mass is 497 g/mol. The lowest BCUT2D eigenvalue weighted by molar-refractivity contribution is -0.900. The summed E-state index contributed by atoms with van der Waals surface area (Å²) in [5, 5.41) is 10.4. The van der Waals surface area contributed by atoms with Gasteiger partial charge < -0.3 is 38.3 Å². The largest absolute Gasteiger partial charge is 1.00 e. The summed E-state index contributed by atoms with van der Waals surface area (Å²) in [6.07, 6.45) is 10.9. The van der Waals surface area contributed by atoms with E-state index >= 15 is 0 Å². The third kappa shape index (κ3) is 4.11. The lowest BCUT2D eigenvalue weighted by atomic mass is 9.48. The second kappa shape index (κ2) is 8.07. The topological polar surface area (TPSA) is 29.5 Å². The highest BCUT2D eigenvalue weighted by molar-refractivity contribution is 5.34. The Balaban J connectivity index is 0.00000192. The molecule has 4 bridgehead atoms. The Morgan fingerprint density at radius 1 is 1.00 bits per heavy atom. The second-order valence-corrected chi connectivity index (χ2v) is 10.6. The van der Waals surface area contributed by atoms with Crippen LogP contribution in [0.4, 0.5) is 0 Å². The molecule has 4 aliphatic carbocycles. The number of aliphatic hydroxyl groups is 1. The van der Waals surface area contributed by atoms with Crippen molar-refractivity contribution in [1.29, 1.82) is 0 Å². The van der Waals surface area contributed by atoms with Crippen LogP contribution in [0.3, 0.4) is 0 Å². The third-order valence-electron chi connectivity index (χ3n) is 8.24. The second-order valence-electron chi connectivity index (χ2n) is 10.6. The molecule has 6 rings (SSSR count). The highest BCUT2D eigenvalue weighted by Crippen LogP contribution is 2.60. The highest BCUT2D eigenvalue weighted by atomic mass is 127. The van der Waals surface area contributed by atoms with E-state index in [4.69, 9.17) is 4.74 Å². The smallest absolute Gasteiger partial charge is 0.137 e. The van der Waals surface area contributed by atoms with Gasteiger partial charge in [0.2, 0.25) is 0 Å². The first-order valence-corrected chi connectivity index (χ1v) is 11.3. The average molecular weight is 497 g/mol. The van der Waals surface area contributed by atoms with Crippen LogP contribution in [0.15, 0.2) is 24.3 Å². The lowest BCUT2D eigenvalue weighted by Crippen LogP contribution is -3.00. The van der Waals surface area contributed by atoms with Gasteiger partial charge >= 0.3 is 0 Å². The van der Waals surface area contributed by atoms with Gasteiger partial charge in [0.05, 0.1) is 20.1 Å². The molecule has 156 valence electrons. The zero-order chi connectivity index (χ0) is 18.5. The fraction of sp³-hybridized carbons (Fsp3) is 0.750. The van der Waals surface area contributed by atoms with E-state index in [0.717, 1.165) is 34.5 Å². The number of ether oxygens (including phenoxy) is 1. The Hall–Kier alpha value is -0.330. The van der Waals surface area contributed by atoms with Gasteiger partial charge in [0.25, 0.3) is 0 Å². The molecule has 0 aromatic heterocycles. The summed E-state index contributed by atoms with van der Waals surface area (Å²) < 4.78 is 6.93. The van der Waals surface area contributed by atoms with Crippen LogP contribution >= 0.6 is 0 Å². The number of benzene rings is 1. The first kappa shape index (κ1) is 20.9. The molecule has 1 saturated heterocycles. The number of nitrogens with zero attached hydrogens (tertiary/aromatic N) is 1. The molecule has 5 aliphatic rings. The minimum atomic E-state index is -0.379. The van der Waals surface area contributed by atoms with E-state index in [1.807, 2.05) is 0 Å². The predicted molar refractivity (Wildman–Crippen MR) is 108 cm³/mol. The summed E-state index contributed by atoms with van der Waals surface area (Å²) in [6.45, 7) is 3.60. The first-order valence-electron chi connectivity index (χ1n) is 11.3. The van der Waals surface area contributed by atoms with Crippen LogP contribution in [0, 0.1) is 17.8 Å². The molecule has 1 N–H and O–H groups in total.